The lowest BCUT2D eigenvalue weighted by atomic mass is 10.2. The van der Waals surface area contributed by atoms with Crippen LogP contribution in [0.5, 0.6) is 0 Å². The van der Waals surface area contributed by atoms with Crippen LogP contribution in [0.25, 0.3) is 10.9 Å². The minimum Gasteiger partial charge on any atom is -0.357 e. The highest BCUT2D eigenvalue weighted by atomic mass is 19.1. The molecule has 2 aromatic heterocycles. The molecule has 0 amide bonds. The molecule has 0 aliphatic heterocycles. The van der Waals surface area contributed by atoms with Gasteiger partial charge in [-0.2, -0.15) is 0 Å². The Kier molecular flexibility index (Phi) is 4.01. The van der Waals surface area contributed by atoms with E-state index < -0.39 is 0 Å². The zero-order valence-corrected chi connectivity index (χ0v) is 12.1. The number of H-pyrrole nitrogens is 1. The number of nitrogens with one attached hydrogen (secondary N) is 1. The summed E-state index contributed by atoms with van der Waals surface area (Å²) in [5, 5.41) is 0.928. The summed E-state index contributed by atoms with van der Waals surface area (Å²) in [6.45, 7) is 2.81. The fourth-order valence-corrected chi connectivity index (χ4v) is 2.56. The molecule has 5 heteroatoms. The standard InChI is InChI=1S/C16H19FN4/c1-20(6-2-7-21-8-5-18-12-21)11-15-10-13-9-14(17)3-4-16(13)19-15/h3-5,8-10,12,19H,2,6-7,11H2,1H3. The first-order valence-corrected chi connectivity index (χ1v) is 7.12. The zero-order valence-electron chi connectivity index (χ0n) is 12.1. The van der Waals surface area contributed by atoms with Gasteiger partial charge in [0.25, 0.3) is 0 Å². The van der Waals surface area contributed by atoms with Crippen LogP contribution < -0.4 is 0 Å². The predicted octanol–water partition coefficient (Wildman–Crippen LogP) is 3.03. The summed E-state index contributed by atoms with van der Waals surface area (Å²) in [7, 11) is 2.10. The van der Waals surface area contributed by atoms with Crippen LogP contribution in [0.3, 0.4) is 0 Å². The van der Waals surface area contributed by atoms with Crippen LogP contribution in [-0.4, -0.2) is 33.0 Å². The minimum atomic E-state index is -0.193. The van der Waals surface area contributed by atoms with E-state index in [1.165, 1.54) is 6.07 Å². The topological polar surface area (TPSA) is 36.9 Å². The highest BCUT2D eigenvalue weighted by Gasteiger charge is 2.05. The van der Waals surface area contributed by atoms with Crippen molar-refractivity contribution in [2.45, 2.75) is 19.5 Å². The van der Waals surface area contributed by atoms with Crippen molar-refractivity contribution in [3.8, 4) is 0 Å². The van der Waals surface area contributed by atoms with Crippen LogP contribution in [-0.2, 0) is 13.1 Å². The summed E-state index contributed by atoms with van der Waals surface area (Å²) in [6.07, 6.45) is 6.69. The van der Waals surface area contributed by atoms with E-state index >= 15 is 0 Å². The van der Waals surface area contributed by atoms with Gasteiger partial charge < -0.3 is 14.5 Å². The molecule has 2 heterocycles. The summed E-state index contributed by atoms with van der Waals surface area (Å²) in [5.74, 6) is -0.193. The van der Waals surface area contributed by atoms with E-state index in [4.69, 9.17) is 0 Å². The maximum atomic E-state index is 13.2. The second kappa shape index (κ2) is 6.10. The Hall–Kier alpha value is -2.14. The van der Waals surface area contributed by atoms with E-state index in [1.54, 1.807) is 18.3 Å². The van der Waals surface area contributed by atoms with Crippen LogP contribution in [0.1, 0.15) is 12.1 Å². The maximum absolute atomic E-state index is 13.2. The predicted molar refractivity (Wildman–Crippen MR) is 81.4 cm³/mol. The Balaban J connectivity index is 1.54. The molecule has 110 valence electrons. The molecule has 1 N–H and O–H groups in total. The number of fused-ring (bicyclic) bond motifs is 1. The highest BCUT2D eigenvalue weighted by Crippen LogP contribution is 2.17. The third kappa shape index (κ3) is 3.49. The lowest BCUT2D eigenvalue weighted by Gasteiger charge is -2.15. The number of rotatable bonds is 6. The molecule has 21 heavy (non-hydrogen) atoms. The molecule has 0 atom stereocenters. The molecule has 0 unspecified atom stereocenters. The number of aromatic nitrogens is 3. The van der Waals surface area contributed by atoms with E-state index in [0.29, 0.717) is 0 Å². The van der Waals surface area contributed by atoms with E-state index in [1.807, 2.05) is 18.6 Å². The molecule has 0 bridgehead atoms. The minimum absolute atomic E-state index is 0.193. The molecule has 0 spiro atoms. The van der Waals surface area contributed by atoms with Crippen LogP contribution >= 0.6 is 0 Å². The molecule has 3 rings (SSSR count). The number of benzene rings is 1. The quantitative estimate of drug-likeness (QED) is 0.756. The summed E-state index contributed by atoms with van der Waals surface area (Å²) in [6, 6.07) is 6.85. The molecule has 0 saturated carbocycles. The second-order valence-electron chi connectivity index (χ2n) is 5.42. The fourth-order valence-electron chi connectivity index (χ4n) is 2.56. The summed E-state index contributed by atoms with van der Waals surface area (Å²) < 4.78 is 15.3. The number of aromatic amines is 1. The molecule has 0 aliphatic rings. The molecule has 1 aromatic carbocycles. The van der Waals surface area contributed by atoms with Crippen molar-refractivity contribution in [1.29, 1.82) is 0 Å². The first-order chi connectivity index (χ1) is 10.2. The lowest BCUT2D eigenvalue weighted by Crippen LogP contribution is -2.20. The first-order valence-electron chi connectivity index (χ1n) is 7.12. The second-order valence-corrected chi connectivity index (χ2v) is 5.42. The molecule has 0 fully saturated rings. The Bertz CT molecular complexity index is 702. The molecular weight excluding hydrogens is 267 g/mol. The van der Waals surface area contributed by atoms with E-state index in [-0.39, 0.29) is 5.82 Å². The number of nitrogens with zero attached hydrogens (tertiary/aromatic N) is 3. The van der Waals surface area contributed by atoms with Crippen LogP contribution in [0.2, 0.25) is 0 Å². The average Bonchev–Trinajstić information content (AvgIpc) is 3.07. The number of aryl methyl sites for hydroxylation is 1. The normalized spacial score (nSPS) is 11.6. The Morgan fingerprint density at radius 1 is 1.33 bits per heavy atom. The van der Waals surface area contributed by atoms with Crippen molar-refractivity contribution in [2.24, 2.45) is 0 Å². The molecule has 4 nitrogen and oxygen atoms in total. The van der Waals surface area contributed by atoms with Gasteiger partial charge in [-0.1, -0.05) is 0 Å². The van der Waals surface area contributed by atoms with E-state index in [9.17, 15) is 4.39 Å². The summed E-state index contributed by atoms with van der Waals surface area (Å²) >= 11 is 0. The van der Waals surface area contributed by atoms with Crippen molar-refractivity contribution in [3.63, 3.8) is 0 Å². The number of hydrogen-bond acceptors (Lipinski definition) is 2. The maximum Gasteiger partial charge on any atom is 0.123 e. The Morgan fingerprint density at radius 2 is 2.24 bits per heavy atom. The number of imidazole rings is 1. The van der Waals surface area contributed by atoms with Gasteiger partial charge >= 0.3 is 0 Å². The van der Waals surface area contributed by atoms with Crippen molar-refractivity contribution >= 4 is 10.9 Å². The number of hydrogen-bond donors (Lipinski definition) is 1. The van der Waals surface area contributed by atoms with Crippen molar-refractivity contribution in [3.05, 3.63) is 54.5 Å². The Labute approximate surface area is 123 Å². The van der Waals surface area contributed by atoms with Crippen molar-refractivity contribution in [2.75, 3.05) is 13.6 Å². The van der Waals surface area contributed by atoms with Gasteiger partial charge in [0.05, 0.1) is 6.33 Å². The van der Waals surface area contributed by atoms with E-state index in [0.717, 1.165) is 42.7 Å². The van der Waals surface area contributed by atoms with Crippen LogP contribution in [0.4, 0.5) is 4.39 Å². The van der Waals surface area contributed by atoms with E-state index in [2.05, 4.69) is 26.5 Å². The summed E-state index contributed by atoms with van der Waals surface area (Å²) in [4.78, 5) is 9.63. The van der Waals surface area contributed by atoms with Gasteiger partial charge in [0.15, 0.2) is 0 Å². The molecular formula is C16H19FN4. The highest BCUT2D eigenvalue weighted by molar-refractivity contribution is 5.80. The third-order valence-electron chi connectivity index (χ3n) is 3.59. The fraction of sp³-hybridized carbons (Fsp3) is 0.312. The molecule has 3 aromatic rings. The van der Waals surface area contributed by atoms with Crippen molar-refractivity contribution < 1.29 is 4.39 Å². The Morgan fingerprint density at radius 3 is 3.05 bits per heavy atom. The zero-order chi connectivity index (χ0) is 14.7. The van der Waals surface area contributed by atoms with Crippen LogP contribution in [0, 0.1) is 5.82 Å². The van der Waals surface area contributed by atoms with Crippen LogP contribution in [0.15, 0.2) is 43.0 Å². The first kappa shape index (κ1) is 13.8. The smallest absolute Gasteiger partial charge is 0.123 e. The summed E-state index contributed by atoms with van der Waals surface area (Å²) in [5.41, 5.74) is 2.10. The molecule has 0 aliphatic carbocycles. The van der Waals surface area contributed by atoms with Gasteiger partial charge in [0.2, 0.25) is 0 Å². The largest absolute Gasteiger partial charge is 0.357 e. The van der Waals surface area contributed by atoms with Gasteiger partial charge in [-0.25, -0.2) is 9.37 Å². The third-order valence-corrected chi connectivity index (χ3v) is 3.59. The SMILES string of the molecule is CN(CCCn1ccnc1)Cc1cc2cc(F)ccc2[nH]1. The molecule has 0 radical (unpaired) electrons. The van der Waals surface area contributed by atoms with Gasteiger partial charge in [-0.15, -0.1) is 0 Å². The van der Waals surface area contributed by atoms with Gasteiger partial charge in [0.1, 0.15) is 5.82 Å². The van der Waals surface area contributed by atoms with Gasteiger partial charge in [0, 0.05) is 42.1 Å². The molecule has 0 saturated heterocycles. The van der Waals surface area contributed by atoms with Gasteiger partial charge in [-0.3, -0.25) is 0 Å². The lowest BCUT2D eigenvalue weighted by molar-refractivity contribution is 0.311. The van der Waals surface area contributed by atoms with Crippen molar-refractivity contribution in [1.82, 2.24) is 19.4 Å². The number of halogens is 1. The monoisotopic (exact) mass is 286 g/mol. The average molecular weight is 286 g/mol. The van der Waals surface area contributed by atoms with Gasteiger partial charge in [-0.05, 0) is 44.3 Å².